The van der Waals surface area contributed by atoms with E-state index in [0.29, 0.717) is 6.42 Å². The third kappa shape index (κ3) is 7.37. The van der Waals surface area contributed by atoms with Crippen molar-refractivity contribution in [2.45, 2.75) is 39.5 Å². The quantitative estimate of drug-likeness (QED) is 0.617. The highest BCUT2D eigenvalue weighted by atomic mass is 16.2. The van der Waals surface area contributed by atoms with E-state index in [9.17, 15) is 4.79 Å². The predicted molar refractivity (Wildman–Crippen MR) is 65.0 cm³/mol. The molecule has 0 aliphatic heterocycles. The molecule has 0 aliphatic rings. The predicted octanol–water partition coefficient (Wildman–Crippen LogP) is 1.98. The largest absolute Gasteiger partial charge is 0.344 e. The number of amides is 1. The summed E-state index contributed by atoms with van der Waals surface area (Å²) in [5.74, 6) is 0.279. The minimum absolute atomic E-state index is 0.279. The topological polar surface area (TPSA) is 23.6 Å². The van der Waals surface area contributed by atoms with Gasteiger partial charge in [0.1, 0.15) is 0 Å². The number of nitrogens with zero attached hydrogens (tertiary/aromatic N) is 2. The van der Waals surface area contributed by atoms with Gasteiger partial charge in [0, 0.05) is 26.6 Å². The maximum Gasteiger partial charge on any atom is 0.222 e. The van der Waals surface area contributed by atoms with E-state index in [1.54, 1.807) is 0 Å². The van der Waals surface area contributed by atoms with Crippen molar-refractivity contribution >= 4 is 5.91 Å². The van der Waals surface area contributed by atoms with Gasteiger partial charge in [-0.1, -0.05) is 20.3 Å². The molecule has 3 nitrogen and oxygen atoms in total. The second-order valence-electron chi connectivity index (χ2n) is 4.22. The van der Waals surface area contributed by atoms with Crippen molar-refractivity contribution in [1.82, 2.24) is 9.80 Å². The molecule has 90 valence electrons. The third-order valence-electron chi connectivity index (χ3n) is 2.59. The average molecular weight is 214 g/mol. The Bertz CT molecular complexity index is 171. The van der Waals surface area contributed by atoms with Gasteiger partial charge in [0.2, 0.25) is 5.91 Å². The summed E-state index contributed by atoms with van der Waals surface area (Å²) in [5.41, 5.74) is 0. The van der Waals surface area contributed by atoms with Crippen LogP contribution in [0.3, 0.4) is 0 Å². The van der Waals surface area contributed by atoms with Gasteiger partial charge in [-0.3, -0.25) is 4.79 Å². The Kier molecular flexibility index (Phi) is 8.38. The molecule has 0 radical (unpaired) electrons. The summed E-state index contributed by atoms with van der Waals surface area (Å²) in [4.78, 5) is 15.7. The number of hydrogen-bond donors (Lipinski definition) is 0. The Hall–Kier alpha value is -0.570. The van der Waals surface area contributed by atoms with E-state index in [-0.39, 0.29) is 5.91 Å². The molecule has 0 spiro atoms. The van der Waals surface area contributed by atoms with Gasteiger partial charge in [-0.2, -0.15) is 0 Å². The van der Waals surface area contributed by atoms with Crippen LogP contribution in [-0.4, -0.2) is 49.4 Å². The first-order valence-corrected chi connectivity index (χ1v) is 6.04. The number of hydrogen-bond acceptors (Lipinski definition) is 2. The summed E-state index contributed by atoms with van der Waals surface area (Å²) in [5, 5.41) is 0. The smallest absolute Gasteiger partial charge is 0.222 e. The molecule has 0 saturated carbocycles. The first-order chi connectivity index (χ1) is 7.11. The van der Waals surface area contributed by atoms with Crippen LogP contribution in [0.25, 0.3) is 0 Å². The summed E-state index contributed by atoms with van der Waals surface area (Å²) in [6.07, 6.45) is 3.97. The minimum atomic E-state index is 0.279. The molecular formula is C12H26N2O. The molecule has 0 saturated heterocycles. The fourth-order valence-electron chi connectivity index (χ4n) is 1.46. The molecule has 1 amide bonds. The number of carbonyl (C=O) groups excluding carboxylic acids is 1. The molecule has 0 aromatic carbocycles. The van der Waals surface area contributed by atoms with Gasteiger partial charge < -0.3 is 9.80 Å². The van der Waals surface area contributed by atoms with Crippen LogP contribution in [0.2, 0.25) is 0 Å². The average Bonchev–Trinajstić information content (AvgIpc) is 2.22. The number of rotatable bonds is 8. The van der Waals surface area contributed by atoms with Gasteiger partial charge in [-0.05, 0) is 26.4 Å². The van der Waals surface area contributed by atoms with Crippen LogP contribution in [0.15, 0.2) is 0 Å². The van der Waals surface area contributed by atoms with E-state index >= 15 is 0 Å². The summed E-state index contributed by atoms with van der Waals surface area (Å²) in [6, 6.07) is 0. The Labute approximate surface area is 94.4 Å². The molecule has 0 bridgehead atoms. The van der Waals surface area contributed by atoms with Crippen molar-refractivity contribution in [2.24, 2.45) is 0 Å². The monoisotopic (exact) mass is 214 g/mol. The minimum Gasteiger partial charge on any atom is -0.344 e. The lowest BCUT2D eigenvalue weighted by atomic mass is 10.2. The van der Waals surface area contributed by atoms with Crippen LogP contribution in [-0.2, 0) is 4.79 Å². The van der Waals surface area contributed by atoms with E-state index < -0.39 is 0 Å². The Morgan fingerprint density at radius 1 is 1.00 bits per heavy atom. The molecule has 0 unspecified atom stereocenters. The standard InChI is InChI=1S/C12H26N2O/c1-5-7-8-12(15)14(4)11-10-13(3)9-6-2/h5-11H2,1-4H3. The van der Waals surface area contributed by atoms with Crippen LogP contribution in [0.4, 0.5) is 0 Å². The Morgan fingerprint density at radius 2 is 1.67 bits per heavy atom. The Balaban J connectivity index is 3.62. The summed E-state index contributed by atoms with van der Waals surface area (Å²) < 4.78 is 0. The second-order valence-corrected chi connectivity index (χ2v) is 4.22. The molecule has 0 rings (SSSR count). The molecule has 0 aromatic rings. The normalized spacial score (nSPS) is 10.7. The molecular weight excluding hydrogens is 188 g/mol. The lowest BCUT2D eigenvalue weighted by Gasteiger charge is -2.21. The van der Waals surface area contributed by atoms with Crippen LogP contribution < -0.4 is 0 Å². The van der Waals surface area contributed by atoms with Crippen molar-refractivity contribution in [1.29, 1.82) is 0 Å². The van der Waals surface area contributed by atoms with Crippen molar-refractivity contribution in [3.05, 3.63) is 0 Å². The molecule has 0 fully saturated rings. The maximum absolute atomic E-state index is 11.6. The fourth-order valence-corrected chi connectivity index (χ4v) is 1.46. The van der Waals surface area contributed by atoms with Crippen molar-refractivity contribution in [2.75, 3.05) is 33.7 Å². The van der Waals surface area contributed by atoms with Crippen LogP contribution in [0.1, 0.15) is 39.5 Å². The lowest BCUT2D eigenvalue weighted by molar-refractivity contribution is -0.130. The third-order valence-corrected chi connectivity index (χ3v) is 2.59. The SMILES string of the molecule is CCCCC(=O)N(C)CCN(C)CCC. The summed E-state index contributed by atoms with van der Waals surface area (Å²) in [6.45, 7) is 7.22. The maximum atomic E-state index is 11.6. The van der Waals surface area contributed by atoms with Gasteiger partial charge in [-0.25, -0.2) is 0 Å². The van der Waals surface area contributed by atoms with E-state index in [0.717, 1.165) is 32.5 Å². The zero-order valence-corrected chi connectivity index (χ0v) is 10.8. The van der Waals surface area contributed by atoms with Crippen LogP contribution >= 0.6 is 0 Å². The van der Waals surface area contributed by atoms with Gasteiger partial charge in [0.05, 0.1) is 0 Å². The van der Waals surface area contributed by atoms with Gasteiger partial charge in [0.25, 0.3) is 0 Å². The molecule has 15 heavy (non-hydrogen) atoms. The number of likely N-dealkylation sites (N-methyl/N-ethyl adjacent to an activating group) is 2. The second kappa shape index (κ2) is 8.72. The Morgan fingerprint density at radius 3 is 2.20 bits per heavy atom. The van der Waals surface area contributed by atoms with Gasteiger partial charge in [0.15, 0.2) is 0 Å². The van der Waals surface area contributed by atoms with Gasteiger partial charge in [-0.15, -0.1) is 0 Å². The molecule has 3 heteroatoms. The molecule has 0 aliphatic carbocycles. The summed E-state index contributed by atoms with van der Waals surface area (Å²) >= 11 is 0. The molecule has 0 atom stereocenters. The highest BCUT2D eigenvalue weighted by Crippen LogP contribution is 1.98. The fraction of sp³-hybridized carbons (Fsp3) is 0.917. The first kappa shape index (κ1) is 14.4. The first-order valence-electron chi connectivity index (χ1n) is 6.04. The zero-order valence-electron chi connectivity index (χ0n) is 10.8. The molecule has 0 aromatic heterocycles. The molecule has 0 heterocycles. The van der Waals surface area contributed by atoms with E-state index in [1.165, 1.54) is 6.42 Å². The van der Waals surface area contributed by atoms with Crippen molar-refractivity contribution in [3.8, 4) is 0 Å². The number of unbranched alkanes of at least 4 members (excludes halogenated alkanes) is 1. The zero-order chi connectivity index (χ0) is 11.7. The summed E-state index contributed by atoms with van der Waals surface area (Å²) in [7, 11) is 4.01. The molecule has 0 N–H and O–H groups in total. The van der Waals surface area contributed by atoms with Crippen LogP contribution in [0.5, 0.6) is 0 Å². The van der Waals surface area contributed by atoms with E-state index in [2.05, 4.69) is 25.8 Å². The van der Waals surface area contributed by atoms with E-state index in [1.807, 2.05) is 11.9 Å². The van der Waals surface area contributed by atoms with Crippen molar-refractivity contribution < 1.29 is 4.79 Å². The van der Waals surface area contributed by atoms with Crippen LogP contribution in [0, 0.1) is 0 Å². The van der Waals surface area contributed by atoms with Crippen molar-refractivity contribution in [3.63, 3.8) is 0 Å². The van der Waals surface area contributed by atoms with E-state index in [4.69, 9.17) is 0 Å². The lowest BCUT2D eigenvalue weighted by Crippen LogP contribution is -2.34. The number of carbonyl (C=O) groups is 1. The van der Waals surface area contributed by atoms with Gasteiger partial charge >= 0.3 is 0 Å². The highest BCUT2D eigenvalue weighted by Gasteiger charge is 2.08. The highest BCUT2D eigenvalue weighted by molar-refractivity contribution is 5.75.